The number of benzene rings is 2. The number of phenols is 2. The fourth-order valence-corrected chi connectivity index (χ4v) is 3.93. The summed E-state index contributed by atoms with van der Waals surface area (Å²) in [6.07, 6.45) is 3.19. The maximum atomic E-state index is 10.3. The SMILES string of the molecule is C=C(C)Cc1cc(C(CC)(CC)c2ccc(O)c(CC(=C)C)c2)ccc1O. The quantitative estimate of drug-likeness (QED) is 0.529. The standard InChI is InChI=1S/C25H32O2/c1-7-25(8-2,21-9-11-23(26)19(15-21)13-17(3)4)22-10-12-24(27)20(16-22)14-18(5)6/h9-12,15-16,26-27H,3,5,7-8,13-14H2,1-2,4,6H3. The molecule has 0 radical (unpaired) electrons. The molecule has 2 aromatic carbocycles. The predicted octanol–water partition coefficient (Wildman–Crippen LogP) is 6.44. The van der Waals surface area contributed by atoms with Crippen LogP contribution in [0.1, 0.15) is 62.8 Å². The van der Waals surface area contributed by atoms with Crippen molar-refractivity contribution in [3.05, 3.63) is 83.0 Å². The van der Waals surface area contributed by atoms with Crippen molar-refractivity contribution in [1.82, 2.24) is 0 Å². The third kappa shape index (κ3) is 4.44. The summed E-state index contributed by atoms with van der Waals surface area (Å²) < 4.78 is 0. The van der Waals surface area contributed by atoms with E-state index in [0.29, 0.717) is 24.3 Å². The lowest BCUT2D eigenvalue weighted by molar-refractivity contribution is 0.455. The smallest absolute Gasteiger partial charge is 0.119 e. The Labute approximate surface area is 163 Å². The molecule has 2 aromatic rings. The summed E-state index contributed by atoms with van der Waals surface area (Å²) in [4.78, 5) is 0. The summed E-state index contributed by atoms with van der Waals surface area (Å²) in [6.45, 7) is 16.3. The molecule has 0 aromatic heterocycles. The lowest BCUT2D eigenvalue weighted by Gasteiger charge is -2.34. The van der Waals surface area contributed by atoms with Crippen LogP contribution in [0.3, 0.4) is 0 Å². The Balaban J connectivity index is 2.62. The number of allylic oxidation sites excluding steroid dienone is 2. The second-order valence-electron chi connectivity index (χ2n) is 7.74. The van der Waals surface area contributed by atoms with Crippen LogP contribution in [0.4, 0.5) is 0 Å². The highest BCUT2D eigenvalue weighted by molar-refractivity contribution is 5.49. The molecule has 0 aliphatic rings. The van der Waals surface area contributed by atoms with Crippen molar-refractivity contribution in [3.63, 3.8) is 0 Å². The molecule has 2 nitrogen and oxygen atoms in total. The second kappa shape index (κ2) is 8.47. The first-order valence-corrected chi connectivity index (χ1v) is 9.67. The highest BCUT2D eigenvalue weighted by atomic mass is 16.3. The Morgan fingerprint density at radius 2 is 1.15 bits per heavy atom. The molecule has 0 amide bonds. The lowest BCUT2D eigenvalue weighted by atomic mass is 9.69. The van der Waals surface area contributed by atoms with Gasteiger partial charge in [0.25, 0.3) is 0 Å². The van der Waals surface area contributed by atoms with Crippen LogP contribution in [0.5, 0.6) is 11.5 Å². The first-order valence-electron chi connectivity index (χ1n) is 9.67. The highest BCUT2D eigenvalue weighted by Crippen LogP contribution is 2.42. The monoisotopic (exact) mass is 364 g/mol. The maximum Gasteiger partial charge on any atom is 0.119 e. The van der Waals surface area contributed by atoms with Gasteiger partial charge in [0.1, 0.15) is 11.5 Å². The van der Waals surface area contributed by atoms with Gasteiger partial charge in [0.05, 0.1) is 0 Å². The van der Waals surface area contributed by atoms with Crippen LogP contribution in [0.25, 0.3) is 0 Å². The van der Waals surface area contributed by atoms with Crippen LogP contribution < -0.4 is 0 Å². The molecule has 0 fully saturated rings. The van der Waals surface area contributed by atoms with Crippen LogP contribution in [-0.2, 0) is 18.3 Å². The van der Waals surface area contributed by atoms with Gasteiger partial charge in [0, 0.05) is 5.41 Å². The molecule has 0 unspecified atom stereocenters. The molecule has 2 heteroatoms. The van der Waals surface area contributed by atoms with Crippen molar-refractivity contribution >= 4 is 0 Å². The summed E-state index contributed by atoms with van der Waals surface area (Å²) in [5.41, 5.74) is 6.07. The van der Waals surface area contributed by atoms with Crippen molar-refractivity contribution in [1.29, 1.82) is 0 Å². The average molecular weight is 365 g/mol. The number of aromatic hydroxyl groups is 2. The predicted molar refractivity (Wildman–Crippen MR) is 115 cm³/mol. The van der Waals surface area contributed by atoms with Gasteiger partial charge in [-0.15, -0.1) is 0 Å². The first-order chi connectivity index (χ1) is 12.7. The van der Waals surface area contributed by atoms with Crippen molar-refractivity contribution in [2.45, 2.75) is 58.8 Å². The fraction of sp³-hybridized carbons (Fsp3) is 0.360. The van der Waals surface area contributed by atoms with E-state index < -0.39 is 0 Å². The molecule has 0 saturated heterocycles. The first kappa shape index (κ1) is 20.8. The normalized spacial score (nSPS) is 11.4. The molecule has 0 heterocycles. The van der Waals surface area contributed by atoms with Gasteiger partial charge >= 0.3 is 0 Å². The van der Waals surface area contributed by atoms with Crippen molar-refractivity contribution in [2.24, 2.45) is 0 Å². The Kier molecular flexibility index (Phi) is 6.54. The molecule has 0 atom stereocenters. The zero-order valence-corrected chi connectivity index (χ0v) is 17.1. The minimum absolute atomic E-state index is 0.172. The van der Waals surface area contributed by atoms with E-state index in [9.17, 15) is 10.2 Å². The molecule has 0 bridgehead atoms. The third-order valence-electron chi connectivity index (χ3n) is 5.46. The van der Waals surface area contributed by atoms with E-state index in [2.05, 4.69) is 39.1 Å². The topological polar surface area (TPSA) is 40.5 Å². The minimum atomic E-state index is -0.172. The number of hydrogen-bond acceptors (Lipinski definition) is 2. The van der Waals surface area contributed by atoms with E-state index in [1.807, 2.05) is 26.0 Å². The van der Waals surface area contributed by atoms with Gasteiger partial charge in [-0.25, -0.2) is 0 Å². The Hall–Kier alpha value is -2.48. The largest absolute Gasteiger partial charge is 0.508 e. The molecular formula is C25H32O2. The maximum absolute atomic E-state index is 10.3. The highest BCUT2D eigenvalue weighted by Gasteiger charge is 2.31. The van der Waals surface area contributed by atoms with Gasteiger partial charge in [-0.2, -0.15) is 0 Å². The minimum Gasteiger partial charge on any atom is -0.508 e. The van der Waals surface area contributed by atoms with Crippen molar-refractivity contribution in [3.8, 4) is 11.5 Å². The van der Waals surface area contributed by atoms with E-state index in [0.717, 1.165) is 35.1 Å². The zero-order chi connectivity index (χ0) is 20.2. The number of hydrogen-bond donors (Lipinski definition) is 2. The molecule has 2 N–H and O–H groups in total. The molecule has 27 heavy (non-hydrogen) atoms. The van der Waals surface area contributed by atoms with Crippen LogP contribution in [0.2, 0.25) is 0 Å². The van der Waals surface area contributed by atoms with E-state index in [1.165, 1.54) is 11.1 Å². The summed E-state index contributed by atoms with van der Waals surface area (Å²) >= 11 is 0. The number of rotatable bonds is 8. The molecule has 144 valence electrons. The van der Waals surface area contributed by atoms with Gasteiger partial charge in [-0.05, 0) is 73.9 Å². The fourth-order valence-electron chi connectivity index (χ4n) is 3.93. The van der Waals surface area contributed by atoms with E-state index in [-0.39, 0.29) is 5.41 Å². The molecule has 2 rings (SSSR count). The van der Waals surface area contributed by atoms with Gasteiger partial charge < -0.3 is 10.2 Å². The van der Waals surface area contributed by atoms with Gasteiger partial charge in [0.2, 0.25) is 0 Å². The number of phenolic OH excluding ortho intramolecular Hbond substituents is 2. The summed E-state index contributed by atoms with van der Waals surface area (Å²) in [5.74, 6) is 0.632. The molecule has 0 aliphatic carbocycles. The van der Waals surface area contributed by atoms with E-state index in [1.54, 1.807) is 12.1 Å². The Morgan fingerprint density at radius 3 is 1.44 bits per heavy atom. The van der Waals surface area contributed by atoms with E-state index >= 15 is 0 Å². The molecule has 0 aliphatic heterocycles. The van der Waals surface area contributed by atoms with Gasteiger partial charge in [-0.3, -0.25) is 0 Å². The van der Waals surface area contributed by atoms with Crippen LogP contribution >= 0.6 is 0 Å². The second-order valence-corrected chi connectivity index (χ2v) is 7.74. The molecule has 0 saturated carbocycles. The third-order valence-corrected chi connectivity index (χ3v) is 5.46. The van der Waals surface area contributed by atoms with Crippen LogP contribution in [0, 0.1) is 0 Å². The Morgan fingerprint density at radius 1 is 0.778 bits per heavy atom. The van der Waals surface area contributed by atoms with Gasteiger partial charge in [0.15, 0.2) is 0 Å². The van der Waals surface area contributed by atoms with Crippen LogP contribution in [-0.4, -0.2) is 10.2 Å². The van der Waals surface area contributed by atoms with E-state index in [4.69, 9.17) is 0 Å². The van der Waals surface area contributed by atoms with Gasteiger partial charge in [-0.1, -0.05) is 62.4 Å². The average Bonchev–Trinajstić information content (AvgIpc) is 2.60. The zero-order valence-electron chi connectivity index (χ0n) is 17.1. The lowest BCUT2D eigenvalue weighted by Crippen LogP contribution is -2.26. The molecule has 0 spiro atoms. The summed E-state index contributed by atoms with van der Waals surface area (Å²) in [6, 6.07) is 11.9. The van der Waals surface area contributed by atoms with Crippen LogP contribution in [0.15, 0.2) is 60.7 Å². The van der Waals surface area contributed by atoms with Crippen molar-refractivity contribution in [2.75, 3.05) is 0 Å². The summed E-state index contributed by atoms with van der Waals surface area (Å²) in [5, 5.41) is 20.5. The Bertz CT molecular complexity index is 774. The molecular weight excluding hydrogens is 332 g/mol. The summed E-state index contributed by atoms with van der Waals surface area (Å²) in [7, 11) is 0. The van der Waals surface area contributed by atoms with Crippen molar-refractivity contribution < 1.29 is 10.2 Å².